The Labute approximate surface area is 119 Å². The molecule has 0 unspecified atom stereocenters. The van der Waals surface area contributed by atoms with Gasteiger partial charge in [-0.25, -0.2) is 9.97 Å². The van der Waals surface area contributed by atoms with Crippen molar-refractivity contribution in [3.05, 3.63) is 16.5 Å². The quantitative estimate of drug-likeness (QED) is 0.850. The molecule has 0 saturated heterocycles. The minimum Gasteiger partial charge on any atom is -0.395 e. The van der Waals surface area contributed by atoms with E-state index in [2.05, 4.69) is 9.97 Å². The number of alkyl halides is 3. The third-order valence-corrected chi connectivity index (χ3v) is 3.43. The van der Waals surface area contributed by atoms with Crippen LogP contribution in [0, 0.1) is 6.92 Å². The lowest BCUT2D eigenvalue weighted by molar-refractivity contribution is -0.120. The average Bonchev–Trinajstić information content (AvgIpc) is 3.14. The normalized spacial score (nSPS) is 15.5. The maximum atomic E-state index is 12.6. The van der Waals surface area contributed by atoms with E-state index >= 15 is 0 Å². The molecule has 1 fully saturated rings. The van der Waals surface area contributed by atoms with Gasteiger partial charge in [0, 0.05) is 18.0 Å². The van der Waals surface area contributed by atoms with Crippen molar-refractivity contribution in [3.8, 4) is 0 Å². The smallest absolute Gasteiger partial charge is 0.395 e. The number of hydrogen-bond acceptors (Lipinski definition) is 4. The Morgan fingerprint density at radius 3 is 2.50 bits per heavy atom. The SMILES string of the molecule is Cc1c(Cl)nc(C2CC2)nc1N(CCO)CC(F)(F)F. The summed E-state index contributed by atoms with van der Waals surface area (Å²) < 4.78 is 37.9. The molecule has 4 nitrogen and oxygen atoms in total. The standard InChI is InChI=1S/C12H15ClF3N3O/c1-7-9(13)17-10(8-2-3-8)18-11(7)19(4-5-20)6-12(14,15)16/h8,20H,2-6H2,1H3. The fourth-order valence-corrected chi connectivity index (χ4v) is 2.09. The van der Waals surface area contributed by atoms with Crippen LogP contribution in [0.15, 0.2) is 0 Å². The third kappa shape index (κ3) is 3.73. The lowest BCUT2D eigenvalue weighted by Crippen LogP contribution is -2.37. The zero-order valence-electron chi connectivity index (χ0n) is 10.9. The molecule has 8 heteroatoms. The fourth-order valence-electron chi connectivity index (χ4n) is 1.92. The highest BCUT2D eigenvalue weighted by molar-refractivity contribution is 6.30. The predicted molar refractivity (Wildman–Crippen MR) is 69.1 cm³/mol. The van der Waals surface area contributed by atoms with Crippen molar-refractivity contribution in [3.63, 3.8) is 0 Å². The maximum Gasteiger partial charge on any atom is 0.405 e. The van der Waals surface area contributed by atoms with Gasteiger partial charge >= 0.3 is 6.18 Å². The van der Waals surface area contributed by atoms with Crippen molar-refractivity contribution in [2.75, 3.05) is 24.6 Å². The van der Waals surface area contributed by atoms with Gasteiger partial charge in [-0.3, -0.25) is 0 Å². The van der Waals surface area contributed by atoms with Crippen LogP contribution in [0.5, 0.6) is 0 Å². The topological polar surface area (TPSA) is 49.2 Å². The van der Waals surface area contributed by atoms with Crippen LogP contribution in [0.1, 0.15) is 30.1 Å². The molecule has 112 valence electrons. The molecule has 0 spiro atoms. The summed E-state index contributed by atoms with van der Waals surface area (Å²) in [7, 11) is 0. The van der Waals surface area contributed by atoms with E-state index in [4.69, 9.17) is 16.7 Å². The van der Waals surface area contributed by atoms with Crippen molar-refractivity contribution in [2.24, 2.45) is 0 Å². The van der Waals surface area contributed by atoms with E-state index in [-0.39, 0.29) is 23.4 Å². The molecule has 2 rings (SSSR count). The highest BCUT2D eigenvalue weighted by atomic mass is 35.5. The van der Waals surface area contributed by atoms with Gasteiger partial charge in [-0.15, -0.1) is 0 Å². The van der Waals surface area contributed by atoms with Crippen molar-refractivity contribution in [2.45, 2.75) is 31.9 Å². The van der Waals surface area contributed by atoms with E-state index in [1.807, 2.05) is 0 Å². The van der Waals surface area contributed by atoms with Crippen molar-refractivity contribution < 1.29 is 18.3 Å². The maximum absolute atomic E-state index is 12.6. The number of aliphatic hydroxyl groups is 1. The van der Waals surface area contributed by atoms with Crippen LogP contribution in [0.3, 0.4) is 0 Å². The molecule has 0 aliphatic heterocycles. The molecular weight excluding hydrogens is 295 g/mol. The Morgan fingerprint density at radius 1 is 1.35 bits per heavy atom. The van der Waals surface area contributed by atoms with Gasteiger partial charge in [0.25, 0.3) is 0 Å². The van der Waals surface area contributed by atoms with Gasteiger partial charge in [0.05, 0.1) is 6.61 Å². The van der Waals surface area contributed by atoms with Gasteiger partial charge in [-0.05, 0) is 19.8 Å². The van der Waals surface area contributed by atoms with Crippen LogP contribution in [0.4, 0.5) is 19.0 Å². The van der Waals surface area contributed by atoms with Crippen LogP contribution < -0.4 is 4.90 Å². The van der Waals surface area contributed by atoms with Gasteiger partial charge < -0.3 is 10.0 Å². The van der Waals surface area contributed by atoms with E-state index in [0.29, 0.717) is 11.4 Å². The molecule has 1 heterocycles. The summed E-state index contributed by atoms with van der Waals surface area (Å²) in [4.78, 5) is 9.33. The van der Waals surface area contributed by atoms with Gasteiger partial charge in [-0.1, -0.05) is 11.6 Å². The second kappa shape index (κ2) is 5.73. The average molecular weight is 310 g/mol. The molecular formula is C12H15ClF3N3O. The first-order valence-corrected chi connectivity index (χ1v) is 6.66. The number of anilines is 1. The number of aliphatic hydroxyl groups excluding tert-OH is 1. The van der Waals surface area contributed by atoms with Crippen LogP contribution in [-0.4, -0.2) is 40.9 Å². The molecule has 0 radical (unpaired) electrons. The fraction of sp³-hybridized carbons (Fsp3) is 0.667. The predicted octanol–water partition coefficient (Wildman–Crippen LogP) is 2.68. The minimum absolute atomic E-state index is 0.151. The van der Waals surface area contributed by atoms with E-state index in [1.165, 1.54) is 0 Å². The number of hydrogen-bond donors (Lipinski definition) is 1. The monoisotopic (exact) mass is 309 g/mol. The summed E-state index contributed by atoms with van der Waals surface area (Å²) in [6.45, 7) is -0.144. The van der Waals surface area contributed by atoms with Gasteiger partial charge in [0.2, 0.25) is 0 Å². The summed E-state index contributed by atoms with van der Waals surface area (Å²) in [5, 5.41) is 9.13. The minimum atomic E-state index is -4.38. The Kier molecular flexibility index (Phi) is 4.39. The zero-order valence-corrected chi connectivity index (χ0v) is 11.7. The summed E-state index contributed by atoms with van der Waals surface area (Å²) in [6.07, 6.45) is -2.52. The first kappa shape index (κ1) is 15.3. The second-order valence-electron chi connectivity index (χ2n) is 4.86. The third-order valence-electron chi connectivity index (χ3n) is 3.06. The van der Waals surface area contributed by atoms with Crippen LogP contribution in [0.2, 0.25) is 5.15 Å². The van der Waals surface area contributed by atoms with Crippen molar-refractivity contribution >= 4 is 17.4 Å². The van der Waals surface area contributed by atoms with E-state index < -0.39 is 19.3 Å². The molecule has 1 aliphatic carbocycles. The Bertz CT molecular complexity index is 492. The summed E-state index contributed by atoms with van der Waals surface area (Å²) in [5.41, 5.74) is 0.397. The van der Waals surface area contributed by atoms with E-state index in [0.717, 1.165) is 17.7 Å². The van der Waals surface area contributed by atoms with E-state index in [1.54, 1.807) is 6.92 Å². The van der Waals surface area contributed by atoms with Crippen LogP contribution >= 0.6 is 11.6 Å². The van der Waals surface area contributed by atoms with Gasteiger partial charge in [0.15, 0.2) is 0 Å². The molecule has 20 heavy (non-hydrogen) atoms. The van der Waals surface area contributed by atoms with Crippen molar-refractivity contribution in [1.82, 2.24) is 9.97 Å². The molecule has 1 saturated carbocycles. The molecule has 1 aromatic rings. The molecule has 0 amide bonds. The van der Waals surface area contributed by atoms with Crippen molar-refractivity contribution in [1.29, 1.82) is 0 Å². The first-order valence-electron chi connectivity index (χ1n) is 6.28. The zero-order chi connectivity index (χ0) is 14.9. The summed E-state index contributed by atoms with van der Waals surface area (Å²) in [5.74, 6) is 0.827. The first-order chi connectivity index (χ1) is 9.31. The van der Waals surface area contributed by atoms with Gasteiger partial charge in [0.1, 0.15) is 23.3 Å². The largest absolute Gasteiger partial charge is 0.405 e. The Hall–Kier alpha value is -1.08. The summed E-state index contributed by atoms with van der Waals surface area (Å²) in [6, 6.07) is 0. The Balaban J connectivity index is 2.35. The summed E-state index contributed by atoms with van der Waals surface area (Å²) >= 11 is 5.98. The van der Waals surface area contributed by atoms with Gasteiger partial charge in [-0.2, -0.15) is 13.2 Å². The molecule has 0 atom stereocenters. The molecule has 0 aromatic carbocycles. The lowest BCUT2D eigenvalue weighted by Gasteiger charge is -2.26. The van der Waals surface area contributed by atoms with Crippen LogP contribution in [0.25, 0.3) is 0 Å². The molecule has 1 aliphatic rings. The molecule has 1 N–H and O–H groups in total. The Morgan fingerprint density at radius 2 is 2.00 bits per heavy atom. The molecule has 1 aromatic heterocycles. The highest BCUT2D eigenvalue weighted by Gasteiger charge is 2.33. The number of rotatable bonds is 5. The van der Waals surface area contributed by atoms with E-state index in [9.17, 15) is 13.2 Å². The highest BCUT2D eigenvalue weighted by Crippen LogP contribution is 2.40. The second-order valence-corrected chi connectivity index (χ2v) is 5.21. The lowest BCUT2D eigenvalue weighted by atomic mass is 10.3. The van der Waals surface area contributed by atoms with Crippen LogP contribution in [-0.2, 0) is 0 Å². The number of nitrogens with zero attached hydrogens (tertiary/aromatic N) is 3. The number of halogens is 4. The molecule has 0 bridgehead atoms. The number of aromatic nitrogens is 2.